The lowest BCUT2D eigenvalue weighted by Gasteiger charge is -2.26. The minimum Gasteiger partial charge on any atom is -0.480 e. The van der Waals surface area contributed by atoms with Crippen LogP contribution in [0.4, 0.5) is 0 Å². The Morgan fingerprint density at radius 1 is 0.964 bits per heavy atom. The molecule has 0 aliphatic carbocycles. The number of carboxylic acid groups (broad SMARTS) is 1. The van der Waals surface area contributed by atoms with E-state index in [9.17, 15) is 24.3 Å². The number of rotatable bonds is 13. The van der Waals surface area contributed by atoms with E-state index in [1.54, 1.807) is 0 Å². The van der Waals surface area contributed by atoms with E-state index in [0.717, 1.165) is 0 Å². The summed E-state index contributed by atoms with van der Waals surface area (Å²) in [6, 6.07) is -4.97. The summed E-state index contributed by atoms with van der Waals surface area (Å²) in [4.78, 5) is 47.5. The number of aliphatic hydroxyl groups excluding tert-OH is 2. The number of nitrogens with two attached hydrogens (primary N) is 2. The SMILES string of the molecule is CC(NC(=O)C(CCCCN)NC(=O)C(NC(=O)C(N)CO)C(C)O)C(=O)O. The number of hydrogen-bond acceptors (Lipinski definition) is 8. The van der Waals surface area contributed by atoms with Gasteiger partial charge >= 0.3 is 5.97 Å². The summed E-state index contributed by atoms with van der Waals surface area (Å²) in [6.07, 6.45) is -0.0777. The van der Waals surface area contributed by atoms with E-state index in [4.69, 9.17) is 21.7 Å². The van der Waals surface area contributed by atoms with Crippen LogP contribution in [0.25, 0.3) is 0 Å². The highest BCUT2D eigenvalue weighted by atomic mass is 16.4. The zero-order valence-corrected chi connectivity index (χ0v) is 16.1. The molecule has 0 fully saturated rings. The van der Waals surface area contributed by atoms with Gasteiger partial charge in [0.25, 0.3) is 0 Å². The standard InChI is InChI=1S/C16H31N5O7/c1-8(16(27)28)19-14(25)11(5-3-4-6-17)20-15(26)12(9(2)23)21-13(24)10(18)7-22/h8-12,22-23H,3-7,17-18H2,1-2H3,(H,19,25)(H,20,26)(H,21,24)(H,27,28). The van der Waals surface area contributed by atoms with E-state index in [2.05, 4.69) is 16.0 Å². The van der Waals surface area contributed by atoms with Gasteiger partial charge in [0, 0.05) is 0 Å². The van der Waals surface area contributed by atoms with Crippen molar-refractivity contribution in [2.24, 2.45) is 11.5 Å². The first-order valence-corrected chi connectivity index (χ1v) is 8.93. The predicted octanol–water partition coefficient (Wildman–Crippen LogP) is -3.63. The number of carboxylic acids is 1. The van der Waals surface area contributed by atoms with Gasteiger partial charge in [0.1, 0.15) is 24.2 Å². The average molecular weight is 405 g/mol. The van der Waals surface area contributed by atoms with Gasteiger partial charge in [-0.1, -0.05) is 0 Å². The fourth-order valence-electron chi connectivity index (χ4n) is 2.15. The topological polar surface area (TPSA) is 217 Å². The molecule has 0 radical (unpaired) electrons. The van der Waals surface area contributed by atoms with Gasteiger partial charge in [0.05, 0.1) is 12.7 Å². The zero-order chi connectivity index (χ0) is 21.9. The molecular weight excluding hydrogens is 374 g/mol. The molecule has 5 unspecified atom stereocenters. The van der Waals surface area contributed by atoms with E-state index in [1.807, 2.05) is 0 Å². The van der Waals surface area contributed by atoms with Crippen LogP contribution in [0.2, 0.25) is 0 Å². The van der Waals surface area contributed by atoms with Crippen molar-refractivity contribution in [3.8, 4) is 0 Å². The highest BCUT2D eigenvalue weighted by molar-refractivity contribution is 5.94. The van der Waals surface area contributed by atoms with E-state index in [-0.39, 0.29) is 6.42 Å². The Labute approximate surface area is 163 Å². The van der Waals surface area contributed by atoms with Crippen molar-refractivity contribution in [3.63, 3.8) is 0 Å². The van der Waals surface area contributed by atoms with E-state index in [1.165, 1.54) is 13.8 Å². The van der Waals surface area contributed by atoms with Crippen molar-refractivity contribution < 1.29 is 34.5 Å². The van der Waals surface area contributed by atoms with Gasteiger partial charge in [-0.05, 0) is 39.7 Å². The molecule has 5 atom stereocenters. The third-order valence-electron chi connectivity index (χ3n) is 3.91. The quantitative estimate of drug-likeness (QED) is 0.142. The molecule has 162 valence electrons. The molecule has 0 aromatic rings. The maximum Gasteiger partial charge on any atom is 0.325 e. The molecule has 0 rings (SSSR count). The van der Waals surface area contributed by atoms with E-state index < -0.39 is 60.6 Å². The average Bonchev–Trinajstić information content (AvgIpc) is 2.63. The minimum absolute atomic E-state index is 0.178. The summed E-state index contributed by atoms with van der Waals surface area (Å²) in [5.74, 6) is -3.67. The maximum atomic E-state index is 12.5. The third kappa shape index (κ3) is 9.08. The van der Waals surface area contributed by atoms with Crippen LogP contribution in [0.5, 0.6) is 0 Å². The summed E-state index contributed by atoms with van der Waals surface area (Å²) in [7, 11) is 0. The third-order valence-corrected chi connectivity index (χ3v) is 3.91. The summed E-state index contributed by atoms with van der Waals surface area (Å²) < 4.78 is 0. The van der Waals surface area contributed by atoms with Gasteiger partial charge in [-0.2, -0.15) is 0 Å². The first-order chi connectivity index (χ1) is 13.0. The van der Waals surface area contributed by atoms with Crippen LogP contribution in [-0.2, 0) is 19.2 Å². The molecule has 0 heterocycles. The number of unbranched alkanes of at least 4 members (excludes halogenated alkanes) is 1. The second kappa shape index (κ2) is 13.0. The highest BCUT2D eigenvalue weighted by Crippen LogP contribution is 2.04. The summed E-state index contributed by atoms with van der Waals surface area (Å²) in [5, 5.41) is 34.5. The second-order valence-corrected chi connectivity index (χ2v) is 6.43. The lowest BCUT2D eigenvalue weighted by molar-refractivity contribution is -0.142. The van der Waals surface area contributed by atoms with Crippen molar-refractivity contribution in [1.82, 2.24) is 16.0 Å². The Morgan fingerprint density at radius 3 is 2.04 bits per heavy atom. The molecule has 28 heavy (non-hydrogen) atoms. The lowest BCUT2D eigenvalue weighted by Crippen LogP contribution is -2.59. The number of hydrogen-bond donors (Lipinski definition) is 8. The first-order valence-electron chi connectivity index (χ1n) is 8.93. The molecule has 0 spiro atoms. The van der Waals surface area contributed by atoms with Crippen LogP contribution < -0.4 is 27.4 Å². The molecule has 0 saturated heterocycles. The van der Waals surface area contributed by atoms with Gasteiger partial charge in [0.15, 0.2) is 0 Å². The van der Waals surface area contributed by atoms with Crippen LogP contribution >= 0.6 is 0 Å². The van der Waals surface area contributed by atoms with Crippen molar-refractivity contribution in [2.75, 3.05) is 13.2 Å². The lowest BCUT2D eigenvalue weighted by atomic mass is 10.1. The van der Waals surface area contributed by atoms with Gasteiger partial charge in [0.2, 0.25) is 17.7 Å². The van der Waals surface area contributed by atoms with Crippen LogP contribution in [0, 0.1) is 0 Å². The monoisotopic (exact) mass is 405 g/mol. The molecule has 0 saturated carbocycles. The summed E-state index contributed by atoms with van der Waals surface area (Å²) >= 11 is 0. The van der Waals surface area contributed by atoms with Gasteiger partial charge < -0.3 is 42.7 Å². The maximum absolute atomic E-state index is 12.5. The van der Waals surface area contributed by atoms with Crippen LogP contribution in [0.15, 0.2) is 0 Å². The largest absolute Gasteiger partial charge is 0.480 e. The van der Waals surface area contributed by atoms with Crippen LogP contribution in [-0.4, -0.2) is 82.4 Å². The van der Waals surface area contributed by atoms with Crippen molar-refractivity contribution >= 4 is 23.7 Å². The second-order valence-electron chi connectivity index (χ2n) is 6.43. The Bertz CT molecular complexity index is 543. The normalized spacial score (nSPS) is 16.2. The number of nitrogens with one attached hydrogen (secondary N) is 3. The smallest absolute Gasteiger partial charge is 0.325 e. The fraction of sp³-hybridized carbons (Fsp3) is 0.750. The van der Waals surface area contributed by atoms with E-state index >= 15 is 0 Å². The highest BCUT2D eigenvalue weighted by Gasteiger charge is 2.31. The Balaban J connectivity index is 5.21. The Morgan fingerprint density at radius 2 is 1.57 bits per heavy atom. The molecule has 10 N–H and O–H groups in total. The Hall–Kier alpha value is -2.28. The Kier molecular flexibility index (Phi) is 11.9. The predicted molar refractivity (Wildman–Crippen MR) is 98.7 cm³/mol. The van der Waals surface area contributed by atoms with Gasteiger partial charge in [-0.25, -0.2) is 0 Å². The molecule has 0 bridgehead atoms. The van der Waals surface area contributed by atoms with Crippen molar-refractivity contribution in [1.29, 1.82) is 0 Å². The van der Waals surface area contributed by atoms with Crippen LogP contribution in [0.3, 0.4) is 0 Å². The molecule has 0 aliphatic rings. The summed E-state index contributed by atoms with van der Waals surface area (Å²) in [5.41, 5.74) is 10.8. The van der Waals surface area contributed by atoms with Gasteiger partial charge in [-0.3, -0.25) is 19.2 Å². The molecule has 12 nitrogen and oxygen atoms in total. The molecule has 0 aliphatic heterocycles. The number of carbonyl (C=O) groups excluding carboxylic acids is 3. The first kappa shape index (κ1) is 25.7. The van der Waals surface area contributed by atoms with Crippen LogP contribution in [0.1, 0.15) is 33.1 Å². The molecule has 12 heteroatoms. The molecule has 3 amide bonds. The number of carbonyl (C=O) groups is 4. The fourth-order valence-corrected chi connectivity index (χ4v) is 2.15. The van der Waals surface area contributed by atoms with Gasteiger partial charge in [-0.15, -0.1) is 0 Å². The minimum atomic E-state index is -1.42. The summed E-state index contributed by atoms with van der Waals surface area (Å²) in [6.45, 7) is 2.25. The molecular formula is C16H31N5O7. The number of aliphatic hydroxyl groups is 2. The zero-order valence-electron chi connectivity index (χ0n) is 16.1. The van der Waals surface area contributed by atoms with E-state index in [0.29, 0.717) is 19.4 Å². The molecule has 0 aromatic carbocycles. The van der Waals surface area contributed by atoms with Crippen molar-refractivity contribution in [2.45, 2.75) is 63.4 Å². The molecule has 0 aromatic heterocycles. The van der Waals surface area contributed by atoms with Crippen molar-refractivity contribution in [3.05, 3.63) is 0 Å². The number of aliphatic carboxylic acids is 1. The number of amides is 3.